The maximum Gasteiger partial charge on any atom is 0.158 e. The normalized spacial score (nSPS) is 14.2. The lowest BCUT2D eigenvalue weighted by atomic mass is 10.1. The van der Waals surface area contributed by atoms with Crippen LogP contribution in [0, 0.1) is 0 Å². The molecule has 0 atom stereocenters. The van der Waals surface area contributed by atoms with Crippen molar-refractivity contribution in [2.24, 2.45) is 0 Å². The summed E-state index contributed by atoms with van der Waals surface area (Å²) in [7, 11) is 3.72. The molecule has 6 heteroatoms. The van der Waals surface area contributed by atoms with Crippen LogP contribution in [0.3, 0.4) is 0 Å². The highest BCUT2D eigenvalue weighted by molar-refractivity contribution is 5.78. The first-order valence-electron chi connectivity index (χ1n) is 6.89. The number of aromatic nitrogens is 2. The number of nitrogens with two attached hydrogens (primary N) is 1. The highest BCUT2D eigenvalue weighted by Crippen LogP contribution is 2.36. The Balaban J connectivity index is 2.03. The van der Waals surface area contributed by atoms with Crippen molar-refractivity contribution in [3.05, 3.63) is 36.2 Å². The highest BCUT2D eigenvalue weighted by atomic mass is 16.5. The zero-order valence-corrected chi connectivity index (χ0v) is 12.3. The average molecular weight is 285 g/mol. The summed E-state index contributed by atoms with van der Waals surface area (Å²) in [4.78, 5) is 13.2. The molecule has 1 aliphatic rings. The van der Waals surface area contributed by atoms with Gasteiger partial charge in [0.15, 0.2) is 5.82 Å². The van der Waals surface area contributed by atoms with E-state index in [-0.39, 0.29) is 0 Å². The molecule has 2 heterocycles. The van der Waals surface area contributed by atoms with Crippen molar-refractivity contribution in [1.29, 1.82) is 0 Å². The maximum absolute atomic E-state index is 5.90. The molecule has 6 nitrogen and oxygen atoms in total. The second-order valence-electron chi connectivity index (χ2n) is 5.06. The Kier molecular flexibility index (Phi) is 3.62. The summed E-state index contributed by atoms with van der Waals surface area (Å²) in [6.45, 7) is 2.14. The predicted molar refractivity (Wildman–Crippen MR) is 83.9 cm³/mol. The number of rotatable bonds is 3. The van der Waals surface area contributed by atoms with E-state index in [0.717, 1.165) is 24.6 Å². The smallest absolute Gasteiger partial charge is 0.158 e. The fourth-order valence-electron chi connectivity index (χ4n) is 2.58. The van der Waals surface area contributed by atoms with E-state index in [9.17, 15) is 0 Å². The van der Waals surface area contributed by atoms with Crippen LogP contribution in [0.15, 0.2) is 30.3 Å². The number of benzene rings is 1. The Morgan fingerprint density at radius 3 is 2.71 bits per heavy atom. The number of ether oxygens (including phenoxy) is 1. The lowest BCUT2D eigenvalue weighted by molar-refractivity contribution is 0.178. The zero-order chi connectivity index (χ0) is 14.8. The molecule has 0 saturated carbocycles. The van der Waals surface area contributed by atoms with E-state index in [4.69, 9.17) is 10.5 Å². The summed E-state index contributed by atoms with van der Waals surface area (Å²) in [6, 6.07) is 10.1. The molecule has 3 rings (SSSR count). The second kappa shape index (κ2) is 5.57. The molecule has 2 aromatic rings. The van der Waals surface area contributed by atoms with Gasteiger partial charge in [0.25, 0.3) is 0 Å². The van der Waals surface area contributed by atoms with Crippen molar-refractivity contribution in [1.82, 2.24) is 9.97 Å². The second-order valence-corrected chi connectivity index (χ2v) is 5.06. The Morgan fingerprint density at radius 1 is 1.19 bits per heavy atom. The van der Waals surface area contributed by atoms with Gasteiger partial charge in [0, 0.05) is 33.3 Å². The Bertz CT molecular complexity index is 646. The SMILES string of the molecule is COCc1nc(N)cc(N2CCN(C)c3ccccc32)n1. The van der Waals surface area contributed by atoms with Crippen LogP contribution in [0.4, 0.5) is 23.0 Å². The molecule has 0 fully saturated rings. The minimum Gasteiger partial charge on any atom is -0.384 e. The van der Waals surface area contributed by atoms with Crippen LogP contribution in [0.5, 0.6) is 0 Å². The van der Waals surface area contributed by atoms with Gasteiger partial charge in [-0.3, -0.25) is 0 Å². The standard InChI is InChI=1S/C15H19N5O/c1-19-7-8-20(12-6-4-3-5-11(12)19)15-9-13(16)17-14(18-15)10-21-2/h3-6,9H,7-8,10H2,1-2H3,(H2,16,17,18). The molecule has 0 radical (unpaired) electrons. The van der Waals surface area contributed by atoms with E-state index in [1.54, 1.807) is 13.2 Å². The third kappa shape index (κ3) is 2.62. The van der Waals surface area contributed by atoms with Crippen LogP contribution >= 0.6 is 0 Å². The molecule has 1 aliphatic heterocycles. The first kappa shape index (κ1) is 13.6. The fourth-order valence-corrected chi connectivity index (χ4v) is 2.58. The molecule has 0 aliphatic carbocycles. The number of hydrogen-bond donors (Lipinski definition) is 1. The van der Waals surface area contributed by atoms with E-state index >= 15 is 0 Å². The van der Waals surface area contributed by atoms with Gasteiger partial charge in [0.2, 0.25) is 0 Å². The fraction of sp³-hybridized carbons (Fsp3) is 0.333. The quantitative estimate of drug-likeness (QED) is 0.927. The molecule has 2 N–H and O–H groups in total. The molecular formula is C15H19N5O. The van der Waals surface area contributed by atoms with Gasteiger partial charge in [0.05, 0.1) is 11.4 Å². The Morgan fingerprint density at radius 2 is 1.95 bits per heavy atom. The van der Waals surface area contributed by atoms with Gasteiger partial charge in [-0.1, -0.05) is 12.1 Å². The van der Waals surface area contributed by atoms with Crippen LogP contribution in [0.1, 0.15) is 5.82 Å². The van der Waals surface area contributed by atoms with E-state index < -0.39 is 0 Å². The number of likely N-dealkylation sites (N-methyl/N-ethyl adjacent to an activating group) is 1. The first-order valence-corrected chi connectivity index (χ1v) is 6.89. The summed E-state index contributed by atoms with van der Waals surface area (Å²) in [5, 5.41) is 0. The van der Waals surface area contributed by atoms with E-state index in [1.807, 2.05) is 12.1 Å². The van der Waals surface area contributed by atoms with Gasteiger partial charge in [-0.15, -0.1) is 0 Å². The molecule has 0 unspecified atom stereocenters. The van der Waals surface area contributed by atoms with Crippen molar-refractivity contribution >= 4 is 23.0 Å². The molecule has 1 aromatic carbocycles. The van der Waals surface area contributed by atoms with E-state index in [2.05, 4.69) is 38.9 Å². The van der Waals surface area contributed by atoms with Gasteiger partial charge >= 0.3 is 0 Å². The van der Waals surface area contributed by atoms with Crippen molar-refractivity contribution < 1.29 is 4.74 Å². The van der Waals surface area contributed by atoms with Gasteiger partial charge in [-0.25, -0.2) is 9.97 Å². The molecule has 110 valence electrons. The number of para-hydroxylation sites is 2. The first-order chi connectivity index (χ1) is 10.2. The largest absolute Gasteiger partial charge is 0.384 e. The monoisotopic (exact) mass is 285 g/mol. The summed E-state index contributed by atoms with van der Waals surface area (Å²) in [5.41, 5.74) is 8.22. The summed E-state index contributed by atoms with van der Waals surface area (Å²) in [6.07, 6.45) is 0. The van der Waals surface area contributed by atoms with E-state index in [0.29, 0.717) is 18.2 Å². The van der Waals surface area contributed by atoms with Crippen molar-refractivity contribution in [2.75, 3.05) is 42.8 Å². The topological polar surface area (TPSA) is 67.5 Å². The number of nitrogen functional groups attached to an aromatic ring is 1. The molecule has 1 aromatic heterocycles. The summed E-state index contributed by atoms with van der Waals surface area (Å²) >= 11 is 0. The van der Waals surface area contributed by atoms with Gasteiger partial charge in [-0.05, 0) is 12.1 Å². The third-order valence-corrected chi connectivity index (χ3v) is 3.57. The van der Waals surface area contributed by atoms with Gasteiger partial charge < -0.3 is 20.3 Å². The molecule has 0 amide bonds. The van der Waals surface area contributed by atoms with Crippen molar-refractivity contribution in [2.45, 2.75) is 6.61 Å². The number of fused-ring (bicyclic) bond motifs is 1. The number of anilines is 4. The van der Waals surface area contributed by atoms with Crippen LogP contribution < -0.4 is 15.5 Å². The predicted octanol–water partition coefficient (Wildman–Crippen LogP) is 1.79. The number of methoxy groups -OCH3 is 1. The average Bonchev–Trinajstić information content (AvgIpc) is 2.47. The summed E-state index contributed by atoms with van der Waals surface area (Å²) < 4.78 is 5.10. The van der Waals surface area contributed by atoms with Gasteiger partial charge in [-0.2, -0.15) is 0 Å². The molecule has 0 spiro atoms. The summed E-state index contributed by atoms with van der Waals surface area (Å²) in [5.74, 6) is 1.88. The molecule has 0 bridgehead atoms. The third-order valence-electron chi connectivity index (χ3n) is 3.57. The Labute approximate surface area is 124 Å². The molecule has 0 saturated heterocycles. The molecular weight excluding hydrogens is 266 g/mol. The highest BCUT2D eigenvalue weighted by Gasteiger charge is 2.22. The van der Waals surface area contributed by atoms with Gasteiger partial charge in [0.1, 0.15) is 18.2 Å². The van der Waals surface area contributed by atoms with E-state index in [1.165, 1.54) is 5.69 Å². The van der Waals surface area contributed by atoms with Crippen LogP contribution in [-0.2, 0) is 11.3 Å². The minimum atomic E-state index is 0.355. The van der Waals surface area contributed by atoms with Crippen LogP contribution in [0.2, 0.25) is 0 Å². The zero-order valence-electron chi connectivity index (χ0n) is 12.3. The van der Waals surface area contributed by atoms with Crippen LogP contribution in [0.25, 0.3) is 0 Å². The van der Waals surface area contributed by atoms with Crippen molar-refractivity contribution in [3.63, 3.8) is 0 Å². The number of hydrogen-bond acceptors (Lipinski definition) is 6. The lowest BCUT2D eigenvalue weighted by Gasteiger charge is -2.36. The maximum atomic E-state index is 5.90. The molecule has 21 heavy (non-hydrogen) atoms. The van der Waals surface area contributed by atoms with Crippen LogP contribution in [-0.4, -0.2) is 37.2 Å². The number of nitrogens with zero attached hydrogens (tertiary/aromatic N) is 4. The van der Waals surface area contributed by atoms with Crippen molar-refractivity contribution in [3.8, 4) is 0 Å². The minimum absolute atomic E-state index is 0.355. The lowest BCUT2D eigenvalue weighted by Crippen LogP contribution is -2.37. The Hall–Kier alpha value is -2.34.